The molecular formula is C24H20FN5O3. The van der Waals surface area contributed by atoms with E-state index in [1.807, 2.05) is 6.92 Å². The van der Waals surface area contributed by atoms with Gasteiger partial charge in [-0.1, -0.05) is 6.07 Å². The zero-order valence-electron chi connectivity index (χ0n) is 17.6. The van der Waals surface area contributed by atoms with Crippen LogP contribution in [-0.4, -0.2) is 21.9 Å². The number of amides is 3. The monoisotopic (exact) mass is 445 g/mol. The third-order valence-corrected chi connectivity index (χ3v) is 4.55. The standard InChI is InChI=1S/C24H20FN5O3/c1-15-2-7-20(25)21(12-15)29-24(32)28-17-3-5-18(6-4-17)33-19-9-11-27-22(13-19)30-23(31)16-8-10-26-14-16/h2-14,26H,1H3,(H,27,30,31)(H2,28,29,32). The van der Waals surface area contributed by atoms with Crippen molar-refractivity contribution < 1.29 is 18.7 Å². The van der Waals surface area contributed by atoms with Gasteiger partial charge in [-0.3, -0.25) is 4.79 Å². The Labute approximate surface area is 188 Å². The number of rotatable bonds is 6. The van der Waals surface area contributed by atoms with Crippen molar-refractivity contribution in [3.63, 3.8) is 0 Å². The van der Waals surface area contributed by atoms with E-state index >= 15 is 0 Å². The lowest BCUT2D eigenvalue weighted by atomic mass is 10.2. The van der Waals surface area contributed by atoms with Crippen LogP contribution in [0.5, 0.6) is 11.5 Å². The fraction of sp³-hybridized carbons (Fsp3) is 0.0417. The number of H-pyrrole nitrogens is 1. The highest BCUT2D eigenvalue weighted by Crippen LogP contribution is 2.25. The van der Waals surface area contributed by atoms with Crippen LogP contribution in [0.2, 0.25) is 0 Å². The Bertz CT molecular complexity index is 1270. The number of urea groups is 1. The van der Waals surface area contributed by atoms with E-state index in [2.05, 4.69) is 25.9 Å². The molecule has 0 aliphatic carbocycles. The van der Waals surface area contributed by atoms with Crippen LogP contribution in [0.4, 0.5) is 26.4 Å². The molecule has 0 aliphatic rings. The highest BCUT2D eigenvalue weighted by atomic mass is 19.1. The van der Waals surface area contributed by atoms with Gasteiger partial charge < -0.3 is 25.7 Å². The summed E-state index contributed by atoms with van der Waals surface area (Å²) in [4.78, 5) is 31.3. The van der Waals surface area contributed by atoms with Crippen molar-refractivity contribution in [1.82, 2.24) is 9.97 Å². The number of anilines is 3. The zero-order chi connectivity index (χ0) is 23.2. The van der Waals surface area contributed by atoms with E-state index in [1.165, 1.54) is 12.3 Å². The minimum Gasteiger partial charge on any atom is -0.457 e. The van der Waals surface area contributed by atoms with Gasteiger partial charge in [0, 0.05) is 30.3 Å². The Morgan fingerprint density at radius 3 is 2.52 bits per heavy atom. The molecule has 8 nitrogen and oxygen atoms in total. The molecule has 4 N–H and O–H groups in total. The molecule has 2 aromatic heterocycles. The van der Waals surface area contributed by atoms with E-state index in [4.69, 9.17) is 4.74 Å². The van der Waals surface area contributed by atoms with Gasteiger partial charge in [0.2, 0.25) is 0 Å². The summed E-state index contributed by atoms with van der Waals surface area (Å²) in [6.07, 6.45) is 4.76. The van der Waals surface area contributed by atoms with E-state index in [-0.39, 0.29) is 11.6 Å². The van der Waals surface area contributed by atoms with Gasteiger partial charge in [0.1, 0.15) is 23.1 Å². The smallest absolute Gasteiger partial charge is 0.323 e. The summed E-state index contributed by atoms with van der Waals surface area (Å²) in [7, 11) is 0. The first-order valence-electron chi connectivity index (χ1n) is 9.98. The van der Waals surface area contributed by atoms with E-state index in [0.29, 0.717) is 28.6 Å². The highest BCUT2D eigenvalue weighted by molar-refractivity contribution is 6.03. The number of carbonyl (C=O) groups excluding carboxylic acids is 2. The maximum Gasteiger partial charge on any atom is 0.323 e. The maximum absolute atomic E-state index is 13.8. The number of aryl methyl sites for hydroxylation is 1. The fourth-order valence-electron chi connectivity index (χ4n) is 2.96. The summed E-state index contributed by atoms with van der Waals surface area (Å²) in [6, 6.07) is 15.5. The molecule has 9 heteroatoms. The van der Waals surface area contributed by atoms with E-state index < -0.39 is 11.8 Å². The zero-order valence-corrected chi connectivity index (χ0v) is 17.6. The number of nitrogens with zero attached hydrogens (tertiary/aromatic N) is 1. The van der Waals surface area contributed by atoms with Gasteiger partial charge in [0.25, 0.3) is 5.91 Å². The maximum atomic E-state index is 13.8. The SMILES string of the molecule is Cc1ccc(F)c(NC(=O)Nc2ccc(Oc3ccnc(NC(=O)c4cc[nH]c4)c3)cc2)c1. The van der Waals surface area contributed by atoms with Gasteiger partial charge in [-0.2, -0.15) is 0 Å². The van der Waals surface area contributed by atoms with Crippen LogP contribution in [0.15, 0.2) is 79.3 Å². The summed E-state index contributed by atoms with van der Waals surface area (Å²) in [5, 5.41) is 7.82. The average molecular weight is 445 g/mol. The number of aromatic nitrogens is 2. The minimum atomic E-state index is -0.565. The number of hydrogen-bond acceptors (Lipinski definition) is 4. The van der Waals surface area contributed by atoms with Crippen LogP contribution in [0, 0.1) is 12.7 Å². The average Bonchev–Trinajstić information content (AvgIpc) is 3.33. The van der Waals surface area contributed by atoms with Gasteiger partial charge in [0.05, 0.1) is 11.3 Å². The second-order valence-electron chi connectivity index (χ2n) is 7.12. The van der Waals surface area contributed by atoms with Crippen LogP contribution >= 0.6 is 0 Å². The van der Waals surface area contributed by atoms with Gasteiger partial charge in [-0.15, -0.1) is 0 Å². The van der Waals surface area contributed by atoms with Crippen molar-refractivity contribution in [2.24, 2.45) is 0 Å². The Morgan fingerprint density at radius 2 is 1.76 bits per heavy atom. The Balaban J connectivity index is 1.35. The Kier molecular flexibility index (Phi) is 6.31. The van der Waals surface area contributed by atoms with Crippen molar-refractivity contribution in [3.8, 4) is 11.5 Å². The molecule has 0 unspecified atom stereocenters. The Morgan fingerprint density at radius 1 is 0.939 bits per heavy atom. The molecular weight excluding hydrogens is 425 g/mol. The molecule has 4 rings (SSSR count). The molecule has 4 aromatic rings. The van der Waals surface area contributed by atoms with Crippen molar-refractivity contribution in [2.45, 2.75) is 6.92 Å². The number of ether oxygens (including phenoxy) is 1. The topological polar surface area (TPSA) is 108 Å². The number of nitrogens with one attached hydrogen (secondary N) is 4. The lowest BCUT2D eigenvalue weighted by Crippen LogP contribution is -2.20. The molecule has 0 fully saturated rings. The normalized spacial score (nSPS) is 10.4. The summed E-state index contributed by atoms with van der Waals surface area (Å²) >= 11 is 0. The van der Waals surface area contributed by atoms with Crippen LogP contribution in [0.25, 0.3) is 0 Å². The predicted octanol–water partition coefficient (Wildman–Crippen LogP) is 5.55. The third-order valence-electron chi connectivity index (χ3n) is 4.55. The lowest BCUT2D eigenvalue weighted by molar-refractivity contribution is 0.102. The van der Waals surface area contributed by atoms with Crippen LogP contribution < -0.4 is 20.7 Å². The second-order valence-corrected chi connectivity index (χ2v) is 7.12. The first-order chi connectivity index (χ1) is 16.0. The minimum absolute atomic E-state index is 0.101. The Hall–Kier alpha value is -4.66. The molecule has 0 spiro atoms. The first kappa shape index (κ1) is 21.6. The number of halogens is 1. The van der Waals surface area contributed by atoms with E-state index in [9.17, 15) is 14.0 Å². The molecule has 166 valence electrons. The summed E-state index contributed by atoms with van der Waals surface area (Å²) in [6.45, 7) is 1.81. The van der Waals surface area contributed by atoms with Gasteiger partial charge in [0.15, 0.2) is 0 Å². The molecule has 0 saturated heterocycles. The number of hydrogen-bond donors (Lipinski definition) is 4. The van der Waals surface area contributed by atoms with Crippen molar-refractivity contribution in [1.29, 1.82) is 0 Å². The molecule has 0 bridgehead atoms. The summed E-state index contributed by atoms with van der Waals surface area (Å²) < 4.78 is 19.6. The molecule has 0 radical (unpaired) electrons. The molecule has 0 saturated carbocycles. The van der Waals surface area contributed by atoms with Gasteiger partial charge in [-0.05, 0) is 61.0 Å². The summed E-state index contributed by atoms with van der Waals surface area (Å²) in [5.41, 5.74) is 1.92. The van der Waals surface area contributed by atoms with Crippen molar-refractivity contribution in [2.75, 3.05) is 16.0 Å². The first-order valence-corrected chi connectivity index (χ1v) is 9.98. The molecule has 0 atom stereocenters. The van der Waals surface area contributed by atoms with Crippen LogP contribution in [-0.2, 0) is 0 Å². The fourth-order valence-corrected chi connectivity index (χ4v) is 2.96. The number of aromatic amines is 1. The molecule has 33 heavy (non-hydrogen) atoms. The van der Waals surface area contributed by atoms with E-state index in [0.717, 1.165) is 5.56 Å². The number of pyridine rings is 1. The molecule has 0 aliphatic heterocycles. The number of benzene rings is 2. The van der Waals surface area contributed by atoms with Crippen molar-refractivity contribution >= 4 is 29.1 Å². The van der Waals surface area contributed by atoms with Gasteiger partial charge in [-0.25, -0.2) is 14.2 Å². The highest BCUT2D eigenvalue weighted by Gasteiger charge is 2.09. The van der Waals surface area contributed by atoms with E-state index in [1.54, 1.807) is 67.0 Å². The number of carbonyl (C=O) groups is 2. The quantitative estimate of drug-likeness (QED) is 0.312. The van der Waals surface area contributed by atoms with Crippen molar-refractivity contribution in [3.05, 3.63) is 96.2 Å². The van der Waals surface area contributed by atoms with Gasteiger partial charge >= 0.3 is 6.03 Å². The predicted molar refractivity (Wildman–Crippen MR) is 123 cm³/mol. The van der Waals surface area contributed by atoms with Crippen LogP contribution in [0.1, 0.15) is 15.9 Å². The largest absolute Gasteiger partial charge is 0.457 e. The second kappa shape index (κ2) is 9.65. The molecule has 3 amide bonds. The lowest BCUT2D eigenvalue weighted by Gasteiger charge is -2.11. The molecule has 2 aromatic carbocycles. The third kappa shape index (κ3) is 5.73. The summed E-state index contributed by atoms with van der Waals surface area (Å²) in [5.74, 6) is 0.528. The van der Waals surface area contributed by atoms with Crippen LogP contribution in [0.3, 0.4) is 0 Å². The molecule has 2 heterocycles.